The molecule has 6 nitrogen and oxygen atoms in total. The number of amides is 2. The number of aromatic nitrogens is 2. The van der Waals surface area contributed by atoms with Gasteiger partial charge >= 0.3 is 0 Å². The second-order valence-electron chi connectivity index (χ2n) is 7.53. The van der Waals surface area contributed by atoms with Crippen molar-refractivity contribution in [2.45, 2.75) is 45.0 Å². The number of nitrogens with one attached hydrogen (secondary N) is 2. The first kappa shape index (κ1) is 22.5. The van der Waals surface area contributed by atoms with Crippen molar-refractivity contribution in [3.63, 3.8) is 0 Å². The minimum absolute atomic E-state index is 0.213. The van der Waals surface area contributed by atoms with Crippen molar-refractivity contribution >= 4 is 23.6 Å². The summed E-state index contributed by atoms with van der Waals surface area (Å²) in [5, 5.41) is 0.742. The van der Waals surface area contributed by atoms with Gasteiger partial charge in [0.05, 0.1) is 6.42 Å². The van der Waals surface area contributed by atoms with E-state index >= 15 is 0 Å². The minimum Gasteiger partial charge on any atom is -0.273 e. The molecule has 0 radical (unpaired) electrons. The smallest absolute Gasteiger partial charge is 0.269 e. The van der Waals surface area contributed by atoms with E-state index in [4.69, 9.17) is 0 Å². The Morgan fingerprint density at radius 2 is 1.55 bits per heavy atom. The second kappa shape index (κ2) is 10.2. The van der Waals surface area contributed by atoms with Gasteiger partial charge in [-0.3, -0.25) is 20.4 Å². The van der Waals surface area contributed by atoms with Gasteiger partial charge in [-0.05, 0) is 62.6 Å². The highest BCUT2D eigenvalue weighted by molar-refractivity contribution is 7.98. The molecule has 0 aliphatic rings. The van der Waals surface area contributed by atoms with Crippen LogP contribution in [0.2, 0.25) is 0 Å². The lowest BCUT2D eigenvalue weighted by Gasteiger charge is -2.10. The third-order valence-corrected chi connectivity index (χ3v) is 5.64. The number of benzene rings is 2. The van der Waals surface area contributed by atoms with E-state index < -0.39 is 0 Å². The van der Waals surface area contributed by atoms with Crippen LogP contribution in [0.5, 0.6) is 0 Å². The summed E-state index contributed by atoms with van der Waals surface area (Å²) >= 11 is 1.55. The SMILES string of the molecule is Cc1ccc(C)c(CC(=O)NNC(=O)c2ccc(CSc3nc(C)cc(C)n3)cc2)c1. The molecule has 2 aromatic carbocycles. The number of thioether (sulfide) groups is 1. The molecule has 3 aromatic rings. The van der Waals surface area contributed by atoms with E-state index in [0.717, 1.165) is 38.8 Å². The first-order chi connectivity index (χ1) is 14.8. The van der Waals surface area contributed by atoms with Gasteiger partial charge in [0, 0.05) is 22.7 Å². The number of hydrogen-bond acceptors (Lipinski definition) is 5. The zero-order valence-electron chi connectivity index (χ0n) is 18.2. The van der Waals surface area contributed by atoms with E-state index in [9.17, 15) is 9.59 Å². The van der Waals surface area contributed by atoms with Crippen LogP contribution < -0.4 is 10.9 Å². The zero-order chi connectivity index (χ0) is 22.4. The molecule has 2 N–H and O–H groups in total. The van der Waals surface area contributed by atoms with Gasteiger partial charge in [-0.15, -0.1) is 0 Å². The quantitative estimate of drug-likeness (QED) is 0.348. The van der Waals surface area contributed by atoms with Gasteiger partial charge in [0.15, 0.2) is 5.16 Å². The second-order valence-corrected chi connectivity index (χ2v) is 8.47. The van der Waals surface area contributed by atoms with Gasteiger partial charge in [-0.1, -0.05) is 47.7 Å². The molecular formula is C24H26N4O2S. The third kappa shape index (κ3) is 6.65. The molecule has 0 spiro atoms. The highest BCUT2D eigenvalue weighted by atomic mass is 32.2. The van der Waals surface area contributed by atoms with Crippen LogP contribution in [0, 0.1) is 27.7 Å². The zero-order valence-corrected chi connectivity index (χ0v) is 19.0. The maximum absolute atomic E-state index is 12.3. The Balaban J connectivity index is 1.50. The number of nitrogens with zero attached hydrogens (tertiary/aromatic N) is 2. The maximum atomic E-state index is 12.3. The van der Waals surface area contributed by atoms with Crippen molar-refractivity contribution in [2.24, 2.45) is 0 Å². The highest BCUT2D eigenvalue weighted by Crippen LogP contribution is 2.20. The molecular weight excluding hydrogens is 408 g/mol. The summed E-state index contributed by atoms with van der Waals surface area (Å²) in [5.41, 5.74) is 11.5. The summed E-state index contributed by atoms with van der Waals surface area (Å²) in [7, 11) is 0. The minimum atomic E-state index is -0.355. The van der Waals surface area contributed by atoms with E-state index in [-0.39, 0.29) is 18.2 Å². The van der Waals surface area contributed by atoms with Crippen LogP contribution >= 0.6 is 11.8 Å². The van der Waals surface area contributed by atoms with Crippen LogP contribution in [0.3, 0.4) is 0 Å². The largest absolute Gasteiger partial charge is 0.273 e. The van der Waals surface area contributed by atoms with Crippen LogP contribution in [0.15, 0.2) is 53.7 Å². The molecule has 0 aliphatic heterocycles. The molecule has 2 amide bonds. The van der Waals surface area contributed by atoms with Crippen molar-refractivity contribution in [1.29, 1.82) is 0 Å². The fraction of sp³-hybridized carbons (Fsp3) is 0.250. The number of hydrogen-bond donors (Lipinski definition) is 2. The van der Waals surface area contributed by atoms with E-state index in [0.29, 0.717) is 11.3 Å². The topological polar surface area (TPSA) is 84.0 Å². The Labute approximate surface area is 186 Å². The number of hydrazine groups is 1. The predicted octanol–water partition coefficient (Wildman–Crippen LogP) is 4.01. The van der Waals surface area contributed by atoms with Crippen LogP contribution in [0.25, 0.3) is 0 Å². The fourth-order valence-electron chi connectivity index (χ4n) is 3.06. The van der Waals surface area contributed by atoms with Crippen molar-refractivity contribution in [3.8, 4) is 0 Å². The molecule has 0 bridgehead atoms. The summed E-state index contributed by atoms with van der Waals surface area (Å²) < 4.78 is 0. The first-order valence-corrected chi connectivity index (χ1v) is 11.0. The van der Waals surface area contributed by atoms with Crippen molar-refractivity contribution in [3.05, 3.63) is 87.7 Å². The third-order valence-electron chi connectivity index (χ3n) is 4.72. The molecule has 7 heteroatoms. The normalized spacial score (nSPS) is 10.6. The first-order valence-electron chi connectivity index (χ1n) is 9.99. The van der Waals surface area contributed by atoms with Crippen LogP contribution in [0.1, 0.15) is 44.0 Å². The highest BCUT2D eigenvalue weighted by Gasteiger charge is 2.10. The van der Waals surface area contributed by atoms with Gasteiger partial charge in [0.1, 0.15) is 0 Å². The summed E-state index contributed by atoms with van der Waals surface area (Å²) in [5.74, 6) is 0.0897. The van der Waals surface area contributed by atoms with Crippen molar-refractivity contribution in [2.75, 3.05) is 0 Å². The van der Waals surface area contributed by atoms with Crippen LogP contribution in [-0.2, 0) is 17.0 Å². The number of rotatable bonds is 6. The van der Waals surface area contributed by atoms with Gasteiger partial charge in [-0.25, -0.2) is 9.97 Å². The van der Waals surface area contributed by atoms with E-state index in [1.54, 1.807) is 23.9 Å². The number of aryl methyl sites for hydroxylation is 4. The number of carbonyl (C=O) groups is 2. The Morgan fingerprint density at radius 1 is 0.871 bits per heavy atom. The molecule has 1 heterocycles. The molecule has 160 valence electrons. The monoisotopic (exact) mass is 434 g/mol. The van der Waals surface area contributed by atoms with Crippen LogP contribution in [0.4, 0.5) is 0 Å². The lowest BCUT2D eigenvalue weighted by Crippen LogP contribution is -2.42. The summed E-state index contributed by atoms with van der Waals surface area (Å²) in [6, 6.07) is 15.2. The van der Waals surface area contributed by atoms with Gasteiger partial charge in [0.2, 0.25) is 5.91 Å². The summed E-state index contributed by atoms with van der Waals surface area (Å²) in [4.78, 5) is 33.4. The Kier molecular flexibility index (Phi) is 7.41. The Hall–Kier alpha value is -3.19. The molecule has 0 atom stereocenters. The average Bonchev–Trinajstić information content (AvgIpc) is 2.73. The van der Waals surface area contributed by atoms with E-state index in [1.165, 1.54) is 0 Å². The molecule has 0 unspecified atom stereocenters. The molecule has 0 aliphatic carbocycles. The van der Waals surface area contributed by atoms with E-state index in [2.05, 4.69) is 20.8 Å². The average molecular weight is 435 g/mol. The standard InChI is InChI=1S/C24H26N4O2S/c1-15-5-6-16(2)21(11-15)13-22(29)27-28-23(30)20-9-7-19(8-10-20)14-31-24-25-17(3)12-18(4)26-24/h5-12H,13-14H2,1-4H3,(H,27,29)(H,28,30). The van der Waals surface area contributed by atoms with E-state index in [1.807, 2.05) is 64.1 Å². The molecule has 0 saturated carbocycles. The summed E-state index contributed by atoms with van der Waals surface area (Å²) in [6.07, 6.45) is 0.213. The van der Waals surface area contributed by atoms with Crippen molar-refractivity contribution < 1.29 is 9.59 Å². The van der Waals surface area contributed by atoms with Crippen molar-refractivity contribution in [1.82, 2.24) is 20.8 Å². The maximum Gasteiger partial charge on any atom is 0.269 e. The lowest BCUT2D eigenvalue weighted by atomic mass is 10.0. The molecule has 0 saturated heterocycles. The Morgan fingerprint density at radius 3 is 2.23 bits per heavy atom. The molecule has 1 aromatic heterocycles. The van der Waals surface area contributed by atoms with Gasteiger partial charge in [0.25, 0.3) is 5.91 Å². The molecule has 0 fully saturated rings. The molecule has 3 rings (SSSR count). The van der Waals surface area contributed by atoms with Crippen LogP contribution in [-0.4, -0.2) is 21.8 Å². The Bertz CT molecular complexity index is 1080. The van der Waals surface area contributed by atoms with Gasteiger partial charge < -0.3 is 0 Å². The summed E-state index contributed by atoms with van der Waals surface area (Å²) in [6.45, 7) is 7.85. The lowest BCUT2D eigenvalue weighted by molar-refractivity contribution is -0.121. The fourth-order valence-corrected chi connectivity index (χ4v) is 3.97. The van der Waals surface area contributed by atoms with Gasteiger partial charge in [-0.2, -0.15) is 0 Å². The number of carbonyl (C=O) groups excluding carboxylic acids is 2. The predicted molar refractivity (Wildman–Crippen MR) is 123 cm³/mol. The molecule has 31 heavy (non-hydrogen) atoms.